The first-order chi connectivity index (χ1) is 13.6. The minimum Gasteiger partial charge on any atom is -0.309 e. The predicted molar refractivity (Wildman–Crippen MR) is 112 cm³/mol. The molecule has 1 atom stereocenters. The summed E-state index contributed by atoms with van der Waals surface area (Å²) in [6.45, 7) is 2.23. The lowest BCUT2D eigenvalue weighted by molar-refractivity contribution is -0.115. The average Bonchev–Trinajstić information content (AvgIpc) is 3.48. The molecule has 0 bridgehead atoms. The second-order valence-corrected chi connectivity index (χ2v) is 7.61. The molecule has 0 aliphatic heterocycles. The van der Waals surface area contributed by atoms with Crippen LogP contribution in [0.2, 0.25) is 5.02 Å². The van der Waals surface area contributed by atoms with Crippen molar-refractivity contribution >= 4 is 23.3 Å². The van der Waals surface area contributed by atoms with Gasteiger partial charge in [0, 0.05) is 23.0 Å². The van der Waals surface area contributed by atoms with E-state index >= 15 is 0 Å². The second kappa shape index (κ2) is 8.17. The van der Waals surface area contributed by atoms with Crippen LogP contribution in [0.25, 0.3) is 5.69 Å². The third kappa shape index (κ3) is 4.43. The molecule has 0 radical (unpaired) electrons. The van der Waals surface area contributed by atoms with Crippen LogP contribution in [-0.2, 0) is 4.79 Å². The molecule has 28 heavy (non-hydrogen) atoms. The number of halogens is 1. The minimum absolute atomic E-state index is 0.0454. The lowest BCUT2D eigenvalue weighted by atomic mass is 10.1. The van der Waals surface area contributed by atoms with Crippen LogP contribution in [0.5, 0.6) is 0 Å². The molecule has 2 N–H and O–H groups in total. The van der Waals surface area contributed by atoms with E-state index in [9.17, 15) is 4.79 Å². The molecule has 0 spiro atoms. The maximum atomic E-state index is 12.5. The molecule has 5 nitrogen and oxygen atoms in total. The van der Waals surface area contributed by atoms with Gasteiger partial charge in [-0.05, 0) is 49.6 Å². The van der Waals surface area contributed by atoms with Gasteiger partial charge in [0.1, 0.15) is 5.82 Å². The number of para-hydroxylation sites is 1. The van der Waals surface area contributed by atoms with Crippen LogP contribution in [0.15, 0.2) is 60.7 Å². The third-order valence-corrected chi connectivity index (χ3v) is 5.18. The van der Waals surface area contributed by atoms with E-state index < -0.39 is 0 Å². The average molecular weight is 395 g/mol. The summed E-state index contributed by atoms with van der Waals surface area (Å²) in [6.07, 6.45) is 2.33. The van der Waals surface area contributed by atoms with Gasteiger partial charge in [0.25, 0.3) is 0 Å². The Morgan fingerprint density at radius 2 is 1.89 bits per heavy atom. The minimum atomic E-state index is -0.0970. The summed E-state index contributed by atoms with van der Waals surface area (Å²) in [4.78, 5) is 12.5. The SMILES string of the molecule is CC(NCC(=O)Nc1cc(C2CC2)nn1-c1ccccc1)c1ccc(Cl)cc1. The number of hydrogen-bond acceptors (Lipinski definition) is 3. The van der Waals surface area contributed by atoms with Crippen molar-refractivity contribution in [2.24, 2.45) is 0 Å². The molecule has 144 valence electrons. The molecule has 1 amide bonds. The van der Waals surface area contributed by atoms with E-state index in [1.54, 1.807) is 0 Å². The van der Waals surface area contributed by atoms with Crippen LogP contribution in [0.1, 0.15) is 43.0 Å². The smallest absolute Gasteiger partial charge is 0.239 e. The third-order valence-electron chi connectivity index (χ3n) is 4.93. The highest BCUT2D eigenvalue weighted by molar-refractivity contribution is 6.30. The number of benzene rings is 2. The summed E-state index contributed by atoms with van der Waals surface area (Å²) in [5.41, 5.74) is 3.07. The van der Waals surface area contributed by atoms with E-state index in [4.69, 9.17) is 16.7 Å². The number of carbonyl (C=O) groups excluding carboxylic acids is 1. The van der Waals surface area contributed by atoms with Crippen molar-refractivity contribution in [1.29, 1.82) is 0 Å². The number of aromatic nitrogens is 2. The standard InChI is InChI=1S/C22H23ClN4O/c1-15(16-9-11-18(23)12-10-16)24-14-22(28)25-21-13-20(17-7-8-17)26-27(21)19-5-3-2-4-6-19/h2-6,9-13,15,17,24H,7-8,14H2,1H3,(H,25,28). The Labute approximate surface area is 169 Å². The van der Waals surface area contributed by atoms with Crippen molar-refractivity contribution in [3.63, 3.8) is 0 Å². The molecule has 3 aromatic rings. The highest BCUT2D eigenvalue weighted by atomic mass is 35.5. The second-order valence-electron chi connectivity index (χ2n) is 7.18. The molecule has 1 aliphatic carbocycles. The largest absolute Gasteiger partial charge is 0.309 e. The zero-order valence-electron chi connectivity index (χ0n) is 15.7. The molecule has 2 aromatic carbocycles. The zero-order valence-corrected chi connectivity index (χ0v) is 16.5. The molecule has 1 saturated carbocycles. The van der Waals surface area contributed by atoms with Gasteiger partial charge in [0.2, 0.25) is 5.91 Å². The molecule has 1 fully saturated rings. The molecular weight excluding hydrogens is 372 g/mol. The summed E-state index contributed by atoms with van der Waals surface area (Å²) < 4.78 is 1.81. The van der Waals surface area contributed by atoms with E-state index in [0.29, 0.717) is 16.8 Å². The highest BCUT2D eigenvalue weighted by Gasteiger charge is 2.28. The summed E-state index contributed by atoms with van der Waals surface area (Å²) in [5.74, 6) is 1.13. The number of nitrogens with zero attached hydrogens (tertiary/aromatic N) is 2. The van der Waals surface area contributed by atoms with Crippen molar-refractivity contribution in [1.82, 2.24) is 15.1 Å². The lowest BCUT2D eigenvalue weighted by Gasteiger charge is -2.14. The fourth-order valence-corrected chi connectivity index (χ4v) is 3.26. The van der Waals surface area contributed by atoms with E-state index in [0.717, 1.165) is 16.9 Å². The molecule has 0 saturated heterocycles. The van der Waals surface area contributed by atoms with Gasteiger partial charge in [-0.3, -0.25) is 4.79 Å². The molecule has 4 rings (SSSR count). The molecule has 6 heteroatoms. The predicted octanol–water partition coefficient (Wildman–Crippen LogP) is 4.69. The fraction of sp³-hybridized carbons (Fsp3) is 0.273. The Kier molecular flexibility index (Phi) is 5.46. The summed E-state index contributed by atoms with van der Waals surface area (Å²) >= 11 is 5.94. The van der Waals surface area contributed by atoms with Crippen molar-refractivity contribution in [3.05, 3.63) is 76.9 Å². The van der Waals surface area contributed by atoms with Crippen LogP contribution in [0.3, 0.4) is 0 Å². The molecular formula is C22H23ClN4O. The Balaban J connectivity index is 1.43. The Bertz CT molecular complexity index is 948. The molecule has 1 heterocycles. The number of amides is 1. The Hall–Kier alpha value is -2.63. The number of rotatable bonds is 7. The van der Waals surface area contributed by atoms with E-state index in [2.05, 4.69) is 10.6 Å². The lowest BCUT2D eigenvalue weighted by Crippen LogP contribution is -2.30. The Morgan fingerprint density at radius 1 is 1.18 bits per heavy atom. The monoisotopic (exact) mass is 394 g/mol. The van der Waals surface area contributed by atoms with Crippen LogP contribution in [0.4, 0.5) is 5.82 Å². The topological polar surface area (TPSA) is 59.0 Å². The highest BCUT2D eigenvalue weighted by Crippen LogP contribution is 2.40. The quantitative estimate of drug-likeness (QED) is 0.611. The maximum Gasteiger partial charge on any atom is 0.239 e. The van der Waals surface area contributed by atoms with Gasteiger partial charge >= 0.3 is 0 Å². The number of carbonyl (C=O) groups is 1. The van der Waals surface area contributed by atoms with Crippen molar-refractivity contribution in [3.8, 4) is 5.69 Å². The van der Waals surface area contributed by atoms with Gasteiger partial charge in [-0.1, -0.05) is 41.9 Å². The maximum absolute atomic E-state index is 12.5. The van der Waals surface area contributed by atoms with E-state index in [-0.39, 0.29) is 18.5 Å². The van der Waals surface area contributed by atoms with Crippen LogP contribution >= 0.6 is 11.6 Å². The van der Waals surface area contributed by atoms with Crippen molar-refractivity contribution in [2.45, 2.75) is 31.7 Å². The zero-order chi connectivity index (χ0) is 19.5. The van der Waals surface area contributed by atoms with Crippen LogP contribution in [0, 0.1) is 0 Å². The van der Waals surface area contributed by atoms with Gasteiger partial charge in [-0.15, -0.1) is 0 Å². The molecule has 1 unspecified atom stereocenters. The first-order valence-corrected chi connectivity index (χ1v) is 9.92. The number of nitrogens with one attached hydrogen (secondary N) is 2. The van der Waals surface area contributed by atoms with Crippen molar-refractivity contribution < 1.29 is 4.79 Å². The number of hydrogen-bond donors (Lipinski definition) is 2. The van der Waals surface area contributed by atoms with Crippen LogP contribution < -0.4 is 10.6 Å². The summed E-state index contributed by atoms with van der Waals surface area (Å²) in [5, 5.41) is 11.7. The van der Waals surface area contributed by atoms with E-state index in [1.165, 1.54) is 12.8 Å². The first-order valence-electron chi connectivity index (χ1n) is 9.54. The van der Waals surface area contributed by atoms with Crippen LogP contribution in [-0.4, -0.2) is 22.2 Å². The molecule has 1 aliphatic rings. The number of anilines is 1. The molecule has 1 aromatic heterocycles. The van der Waals surface area contributed by atoms with Gasteiger partial charge in [-0.2, -0.15) is 5.10 Å². The normalized spacial score (nSPS) is 14.6. The summed E-state index contributed by atoms with van der Waals surface area (Å²) in [6, 6.07) is 19.5. The first kappa shape index (κ1) is 18.7. The fourth-order valence-electron chi connectivity index (χ4n) is 3.14. The van der Waals surface area contributed by atoms with Gasteiger partial charge in [0.05, 0.1) is 17.9 Å². The van der Waals surface area contributed by atoms with Crippen molar-refractivity contribution in [2.75, 3.05) is 11.9 Å². The summed E-state index contributed by atoms with van der Waals surface area (Å²) in [7, 11) is 0. The van der Waals surface area contributed by atoms with Gasteiger partial charge in [0.15, 0.2) is 0 Å². The van der Waals surface area contributed by atoms with Gasteiger partial charge < -0.3 is 10.6 Å². The Morgan fingerprint density at radius 3 is 2.57 bits per heavy atom. The van der Waals surface area contributed by atoms with Gasteiger partial charge in [-0.25, -0.2) is 4.68 Å². The van der Waals surface area contributed by atoms with E-state index in [1.807, 2.05) is 72.3 Å².